The van der Waals surface area contributed by atoms with Gasteiger partial charge in [0.15, 0.2) is 0 Å². The molecule has 19 rings (SSSR count). The molecule has 0 spiro atoms. The molecule has 24 bridgehead atoms. The van der Waals surface area contributed by atoms with Gasteiger partial charge < -0.3 is 68.0 Å². The molecule has 8 aliphatic heterocycles. The van der Waals surface area contributed by atoms with Crippen LogP contribution in [0.25, 0.3) is 90.9 Å². The number of nitrogens with one attached hydrogen (secondary N) is 2. The van der Waals surface area contributed by atoms with Crippen molar-refractivity contribution in [2.45, 2.75) is 232 Å². The van der Waals surface area contributed by atoms with E-state index in [4.69, 9.17) is 67.3 Å². The largest absolute Gasteiger partial charge is 2.00 e. The Morgan fingerprint density at radius 2 is 0.618 bits per heavy atom. The summed E-state index contributed by atoms with van der Waals surface area (Å²) in [5.41, 5.74) is 24.4. The third-order valence-corrected chi connectivity index (χ3v) is 27.4. The monoisotopic (exact) mass is 1800 g/mol. The molecule has 4 unspecified atom stereocenters. The molecule has 18 nitrogen and oxygen atoms in total. The first kappa shape index (κ1) is 89.5. The number of carbonyl (C=O) groups is 2. The minimum absolute atomic E-state index is 0. The second kappa shape index (κ2) is 41.2. The summed E-state index contributed by atoms with van der Waals surface area (Å²) in [7, 11) is 0. The molecule has 3 aromatic heterocycles. The maximum Gasteiger partial charge on any atom is 2.00 e. The number of fused-ring (bicyclic) bond motifs is 20. The zero-order valence-corrected chi connectivity index (χ0v) is 79.6. The van der Waals surface area contributed by atoms with Gasteiger partial charge in [-0.3, -0.25) is 9.59 Å². The number of unbranched alkanes of at least 4 members (excludes halogenated alkanes) is 8. The minimum Gasteiger partial charge on any atom is -0.657 e. The van der Waals surface area contributed by atoms with Crippen LogP contribution in [0.5, 0.6) is 57.5 Å². The van der Waals surface area contributed by atoms with Crippen molar-refractivity contribution in [1.82, 2.24) is 30.6 Å². The Labute approximate surface area is 782 Å². The summed E-state index contributed by atoms with van der Waals surface area (Å²) in [6, 6.07) is 55.1. The first-order valence-corrected chi connectivity index (χ1v) is 47.9. The molecule has 0 saturated carbocycles. The average Bonchev–Trinajstić information content (AvgIpc) is 1.52. The summed E-state index contributed by atoms with van der Waals surface area (Å²) in [6.07, 6.45) is 27.9. The molecule has 11 aromatic rings. The number of benzene rings is 8. The normalized spacial score (nSPS) is 17.4. The Morgan fingerprint density at radius 1 is 0.328 bits per heavy atom. The Morgan fingerprint density at radius 3 is 0.947 bits per heavy atom. The minimum atomic E-state index is -0.251. The van der Waals surface area contributed by atoms with Crippen molar-refractivity contribution >= 4 is 58.2 Å². The number of nitrogens with zero attached hydrogens (tertiary/aromatic N) is 4. The van der Waals surface area contributed by atoms with Gasteiger partial charge in [-0.25, -0.2) is 9.97 Å². The summed E-state index contributed by atoms with van der Waals surface area (Å²) in [4.78, 5) is 52.5. The number of para-hydroxylation sites is 2. The Bertz CT molecular complexity index is 5770. The van der Waals surface area contributed by atoms with Gasteiger partial charge in [0.05, 0.1) is 60.2 Å². The van der Waals surface area contributed by atoms with Crippen molar-refractivity contribution in [3.8, 4) is 102 Å². The third kappa shape index (κ3) is 18.3. The van der Waals surface area contributed by atoms with Crippen LogP contribution >= 0.6 is 0 Å². The van der Waals surface area contributed by atoms with E-state index in [9.17, 15) is 0 Å². The van der Waals surface area contributed by atoms with E-state index in [1.807, 2.05) is 72.8 Å². The van der Waals surface area contributed by atoms with Gasteiger partial charge in [0.25, 0.3) is 0 Å². The number of rotatable bonds is 18. The molecule has 0 fully saturated rings. The zero-order chi connectivity index (χ0) is 88.6. The first-order valence-electron chi connectivity index (χ1n) is 47.9. The van der Waals surface area contributed by atoms with E-state index in [2.05, 4.69) is 161 Å². The van der Waals surface area contributed by atoms with Crippen LogP contribution in [-0.2, 0) is 42.2 Å². The van der Waals surface area contributed by atoms with Gasteiger partial charge in [0, 0.05) is 103 Å². The Kier molecular flexibility index (Phi) is 28.1. The van der Waals surface area contributed by atoms with Crippen molar-refractivity contribution in [2.24, 2.45) is 0 Å². The third-order valence-electron chi connectivity index (χ3n) is 27.4. The van der Waals surface area contributed by atoms with Crippen molar-refractivity contribution in [2.75, 3.05) is 40.4 Å². The topological polar surface area (TPSA) is 204 Å². The molecule has 0 radical (unpaired) electrons. The van der Waals surface area contributed by atoms with E-state index in [1.54, 1.807) is 0 Å². The van der Waals surface area contributed by atoms with Gasteiger partial charge >= 0.3 is 19.5 Å². The van der Waals surface area contributed by atoms with E-state index in [1.165, 1.54) is 0 Å². The smallest absolute Gasteiger partial charge is 0.657 e. The van der Waals surface area contributed by atoms with Crippen LogP contribution in [0.3, 0.4) is 0 Å². The predicted molar refractivity (Wildman–Crippen MR) is 514 cm³/mol. The van der Waals surface area contributed by atoms with Crippen molar-refractivity contribution in [3.05, 3.63) is 247 Å². The molecule has 0 aliphatic carbocycles. The summed E-state index contributed by atoms with van der Waals surface area (Å²) < 4.78 is 71.4. The Balaban J connectivity index is 0.0000115. The van der Waals surface area contributed by atoms with Gasteiger partial charge in [-0.2, -0.15) is 0 Å². The SMILES string of the molecule is CCCCCC1c2cc3c4c(C)c2OCOc2c1cc1c5c2CNC(=O)CCCCCOc2ccccc2-c2c6nc(c(-c7ccccc7)c7ccc([n-]7)c(c7nc(c(-c8ccccc8)c8ccc2[n-]8)C=C7)-c2ccccc2OCCCCCC(=O)NCc2c(c(cc7c2OCOc2c(cc(c(c2C)OCO5)C1CCCCC)C7CCCCC)C3CCCCC)OCO4)C=C6.[Zn+2]. The second-order valence-electron chi connectivity index (χ2n) is 35.8. The predicted octanol–water partition coefficient (Wildman–Crippen LogP) is 26.1. The van der Waals surface area contributed by atoms with Crippen LogP contribution in [0.2, 0.25) is 0 Å². The number of aromatic nitrogens is 4. The van der Waals surface area contributed by atoms with E-state index in [-0.39, 0.29) is 108 Å². The summed E-state index contributed by atoms with van der Waals surface area (Å²) in [6.45, 7) is 13.9. The molecule has 8 aromatic carbocycles. The summed E-state index contributed by atoms with van der Waals surface area (Å²) in [5.74, 6) is 5.73. The number of hydrogen-bond donors (Lipinski definition) is 2. The standard InChI is InChI=1S/C112H120N6O12.Zn/c1-7-11-19-39-73-79-59-80-74(40-20-12-8-2)85-62-86-76(42-22-14-10-4)82-60-81-75(41-21-13-9-3)84-61-83(73)109-87-63-113-99(119)47-27-17-33-57-121-97-45-31-29-43-77(97)103-93-53-49-89(115-93)101(71-35-23-15-24-36-71)91-51-55-95(117-91)104(96-56-52-92(118-96)102(72-37-25-16-26-38-72)90-50-54-94(103)116-90)78-44-30-32-46-98(78)122-58-34-18-28-48-100(120)114-64-88(111(85)129-66-124-106(80)69(5)105(79)123-65-127-109)112(86)130-68-126-108(82)70(6)107(81)125-67-128-110(84)87;/h15-16,23-26,29-32,35-38,43-46,49-56,59-62,73-76H,7-14,17-22,27-28,33-34,39-42,47-48,57-58,63-68H2,1-6H3,(H4,113,114,115,116,117,118,119,120);/q;+2/p-2. The fourth-order valence-corrected chi connectivity index (χ4v) is 21.0. The number of hydrogen-bond acceptors (Lipinski definition) is 14. The quantitative estimate of drug-likeness (QED) is 0.0605. The maximum absolute atomic E-state index is 15.0. The number of ether oxygens (including phenoxy) is 10. The van der Waals surface area contributed by atoms with Crippen molar-refractivity contribution < 1.29 is 76.4 Å². The molecule has 19 heteroatoms. The van der Waals surface area contributed by atoms with Crippen LogP contribution in [0, 0.1) is 13.8 Å². The van der Waals surface area contributed by atoms with E-state index in [0.717, 1.165) is 295 Å². The van der Waals surface area contributed by atoms with Crippen LogP contribution < -0.4 is 68.0 Å². The fourth-order valence-electron chi connectivity index (χ4n) is 21.0. The van der Waals surface area contributed by atoms with Gasteiger partial charge in [0.2, 0.25) is 39.0 Å². The van der Waals surface area contributed by atoms with Gasteiger partial charge in [-0.15, -0.1) is 22.1 Å². The van der Waals surface area contributed by atoms with Crippen LogP contribution in [0.4, 0.5) is 0 Å². The second-order valence-corrected chi connectivity index (χ2v) is 35.8. The Hall–Kier alpha value is -12.1. The average molecular weight is 1810 g/mol. The van der Waals surface area contributed by atoms with Crippen molar-refractivity contribution in [1.29, 1.82) is 0 Å². The molecular weight excluding hydrogens is 1690 g/mol. The zero-order valence-electron chi connectivity index (χ0n) is 76.7. The van der Waals surface area contributed by atoms with Crippen LogP contribution in [0.15, 0.2) is 158 Å². The van der Waals surface area contributed by atoms with Gasteiger partial charge in [-0.1, -0.05) is 226 Å². The number of amides is 2. The van der Waals surface area contributed by atoms with Crippen LogP contribution in [0.1, 0.15) is 295 Å². The van der Waals surface area contributed by atoms with Gasteiger partial charge in [-0.05, 0) is 172 Å². The molecule has 4 atom stereocenters. The molecule has 2 N–H and O–H groups in total. The maximum atomic E-state index is 15.0. The molecular formula is C112H118N6O12Zn. The molecule has 0 saturated heterocycles. The first-order chi connectivity index (χ1) is 64.0. The van der Waals surface area contributed by atoms with E-state index < -0.39 is 0 Å². The molecule has 670 valence electrons. The fraction of sp³-hybridized carbons (Fsp3) is 0.375. The molecule has 2 amide bonds. The van der Waals surface area contributed by atoms with Crippen LogP contribution in [-0.4, -0.2) is 62.2 Å². The van der Waals surface area contributed by atoms with E-state index >= 15 is 9.59 Å². The molecule has 131 heavy (non-hydrogen) atoms. The summed E-state index contributed by atoms with van der Waals surface area (Å²) >= 11 is 0. The number of carbonyl (C=O) groups excluding carboxylic acids is 2. The van der Waals surface area contributed by atoms with Gasteiger partial charge in [0.1, 0.15) is 57.5 Å². The summed E-state index contributed by atoms with van der Waals surface area (Å²) in [5, 5.41) is 6.95. The molecule has 11 heterocycles. The molecule has 8 aliphatic rings. The van der Waals surface area contributed by atoms with E-state index in [0.29, 0.717) is 73.4 Å². The van der Waals surface area contributed by atoms with Crippen molar-refractivity contribution in [3.63, 3.8) is 0 Å².